The number of benzene rings is 1. The van der Waals surface area contributed by atoms with Crippen molar-refractivity contribution < 1.29 is 9.53 Å². The normalized spacial score (nSPS) is 22.1. The molecule has 3 N–H and O–H groups in total. The third-order valence-corrected chi connectivity index (χ3v) is 5.69. The van der Waals surface area contributed by atoms with Crippen molar-refractivity contribution in [2.24, 2.45) is 11.1 Å². The van der Waals surface area contributed by atoms with E-state index in [9.17, 15) is 4.79 Å². The average molecular weight is 367 g/mol. The smallest absolute Gasteiger partial charge is 0.227 e. The van der Waals surface area contributed by atoms with Crippen molar-refractivity contribution in [3.63, 3.8) is 0 Å². The molecular weight excluding hydrogens is 344 g/mol. The van der Waals surface area contributed by atoms with Crippen LogP contribution in [0.3, 0.4) is 0 Å². The van der Waals surface area contributed by atoms with Gasteiger partial charge in [-0.2, -0.15) is 0 Å². The predicted octanol–water partition coefficient (Wildman–Crippen LogP) is 2.35. The minimum atomic E-state index is -0.439. The lowest BCUT2D eigenvalue weighted by Crippen LogP contribution is -2.50. The summed E-state index contributed by atoms with van der Waals surface area (Å²) < 4.78 is 6.46. The number of nitrogens with two attached hydrogens (primary N) is 1. The van der Waals surface area contributed by atoms with Gasteiger partial charge in [-0.05, 0) is 43.4 Å². The second kappa shape index (κ2) is 6.30. The van der Waals surface area contributed by atoms with Gasteiger partial charge in [-0.1, -0.05) is 28.1 Å². The first-order valence-corrected chi connectivity index (χ1v) is 8.72. The quantitative estimate of drug-likeness (QED) is 0.840. The Balaban J connectivity index is 1.65. The third kappa shape index (κ3) is 3.07. The molecule has 1 saturated carbocycles. The summed E-state index contributed by atoms with van der Waals surface area (Å²) in [6.45, 7) is 2.35. The Morgan fingerprint density at radius 1 is 1.27 bits per heavy atom. The molecule has 0 spiro atoms. The molecule has 1 aliphatic heterocycles. The van der Waals surface area contributed by atoms with Crippen LogP contribution in [0.2, 0.25) is 0 Å². The van der Waals surface area contributed by atoms with E-state index >= 15 is 0 Å². The molecule has 2 aliphatic rings. The van der Waals surface area contributed by atoms with Crippen LogP contribution < -0.4 is 11.1 Å². The zero-order valence-electron chi connectivity index (χ0n) is 12.7. The fourth-order valence-corrected chi connectivity index (χ4v) is 3.66. The average Bonchev–Trinajstić information content (AvgIpc) is 3.34. The van der Waals surface area contributed by atoms with E-state index in [2.05, 4.69) is 39.4 Å². The first-order chi connectivity index (χ1) is 10.6. The number of amides is 1. The largest absolute Gasteiger partial charge is 0.381 e. The summed E-state index contributed by atoms with van der Waals surface area (Å²) in [5.74, 6) is 0.0968. The number of halogens is 1. The fraction of sp³-hybridized carbons (Fsp3) is 0.588. The monoisotopic (exact) mass is 366 g/mol. The first kappa shape index (κ1) is 16.0. The standard InChI is InChI=1S/C17H23BrN2O2/c18-14-3-1-2-13(10-14)17(4-5-17)12-20-15(21)16(11-19)6-8-22-9-7-16/h1-3,10H,4-9,11-12,19H2,(H,20,21). The number of ether oxygens (including phenoxy) is 1. The van der Waals surface area contributed by atoms with Crippen LogP contribution in [0.4, 0.5) is 0 Å². The van der Waals surface area contributed by atoms with Crippen molar-refractivity contribution in [2.45, 2.75) is 31.1 Å². The Bertz CT molecular complexity index is 551. The lowest BCUT2D eigenvalue weighted by Gasteiger charge is -2.35. The van der Waals surface area contributed by atoms with Gasteiger partial charge in [-0.15, -0.1) is 0 Å². The summed E-state index contributed by atoms with van der Waals surface area (Å²) in [7, 11) is 0. The Morgan fingerprint density at radius 3 is 2.59 bits per heavy atom. The number of carbonyl (C=O) groups is 1. The Kier molecular flexibility index (Phi) is 4.57. The van der Waals surface area contributed by atoms with Gasteiger partial charge < -0.3 is 15.8 Å². The van der Waals surface area contributed by atoms with Gasteiger partial charge in [0.1, 0.15) is 0 Å². The van der Waals surface area contributed by atoms with Crippen LogP contribution in [-0.4, -0.2) is 32.2 Å². The zero-order valence-corrected chi connectivity index (χ0v) is 14.3. The Morgan fingerprint density at radius 2 is 2.00 bits per heavy atom. The molecule has 120 valence electrons. The highest BCUT2D eigenvalue weighted by atomic mass is 79.9. The maximum atomic E-state index is 12.7. The van der Waals surface area contributed by atoms with Crippen molar-refractivity contribution in [3.05, 3.63) is 34.3 Å². The van der Waals surface area contributed by atoms with E-state index in [1.165, 1.54) is 5.56 Å². The van der Waals surface area contributed by atoms with Crippen LogP contribution in [0.1, 0.15) is 31.2 Å². The topological polar surface area (TPSA) is 64.4 Å². The van der Waals surface area contributed by atoms with Gasteiger partial charge in [0.25, 0.3) is 0 Å². The molecule has 2 fully saturated rings. The van der Waals surface area contributed by atoms with E-state index < -0.39 is 5.41 Å². The molecule has 22 heavy (non-hydrogen) atoms. The number of carbonyl (C=O) groups excluding carboxylic acids is 1. The van der Waals surface area contributed by atoms with E-state index in [4.69, 9.17) is 10.5 Å². The predicted molar refractivity (Wildman–Crippen MR) is 89.6 cm³/mol. The van der Waals surface area contributed by atoms with E-state index in [-0.39, 0.29) is 11.3 Å². The van der Waals surface area contributed by atoms with E-state index in [0.717, 1.165) is 30.2 Å². The second-order valence-corrected chi connectivity index (χ2v) is 7.49. The molecule has 1 aromatic rings. The van der Waals surface area contributed by atoms with E-state index in [0.29, 0.717) is 26.3 Å². The third-order valence-electron chi connectivity index (χ3n) is 5.20. The number of nitrogens with one attached hydrogen (secondary N) is 1. The van der Waals surface area contributed by atoms with Gasteiger partial charge in [-0.25, -0.2) is 0 Å². The summed E-state index contributed by atoms with van der Waals surface area (Å²) >= 11 is 3.53. The number of rotatable bonds is 5. The van der Waals surface area contributed by atoms with Crippen molar-refractivity contribution in [2.75, 3.05) is 26.3 Å². The van der Waals surface area contributed by atoms with Crippen LogP contribution in [0.5, 0.6) is 0 Å². The molecule has 0 atom stereocenters. The van der Waals surface area contributed by atoms with Gasteiger partial charge in [0, 0.05) is 36.2 Å². The van der Waals surface area contributed by atoms with Crippen molar-refractivity contribution in [1.29, 1.82) is 0 Å². The SMILES string of the molecule is NCC1(C(=O)NCC2(c3cccc(Br)c3)CC2)CCOCC1. The summed E-state index contributed by atoms with van der Waals surface area (Å²) in [6.07, 6.45) is 3.70. The van der Waals surface area contributed by atoms with Gasteiger partial charge in [0.05, 0.1) is 5.41 Å². The summed E-state index contributed by atoms with van der Waals surface area (Å²) in [4.78, 5) is 12.7. The highest BCUT2D eigenvalue weighted by Crippen LogP contribution is 2.48. The van der Waals surface area contributed by atoms with Crippen molar-refractivity contribution >= 4 is 21.8 Å². The molecule has 1 aromatic carbocycles. The highest BCUT2D eigenvalue weighted by Gasteiger charge is 2.46. The van der Waals surface area contributed by atoms with Crippen LogP contribution >= 0.6 is 15.9 Å². The molecule has 1 saturated heterocycles. The van der Waals surface area contributed by atoms with E-state index in [1.807, 2.05) is 6.07 Å². The molecule has 1 amide bonds. The van der Waals surface area contributed by atoms with Crippen LogP contribution in [0.25, 0.3) is 0 Å². The Hall–Kier alpha value is -0.910. The maximum Gasteiger partial charge on any atom is 0.227 e. The second-order valence-electron chi connectivity index (χ2n) is 6.57. The van der Waals surface area contributed by atoms with Crippen LogP contribution in [0, 0.1) is 5.41 Å². The number of hydrogen-bond donors (Lipinski definition) is 2. The summed E-state index contributed by atoms with van der Waals surface area (Å²) in [6, 6.07) is 8.40. The lowest BCUT2D eigenvalue weighted by atomic mass is 9.79. The molecule has 4 nitrogen and oxygen atoms in total. The first-order valence-electron chi connectivity index (χ1n) is 7.92. The van der Waals surface area contributed by atoms with Crippen molar-refractivity contribution in [1.82, 2.24) is 5.32 Å². The zero-order chi connectivity index (χ0) is 15.6. The highest BCUT2D eigenvalue weighted by molar-refractivity contribution is 9.10. The van der Waals surface area contributed by atoms with Gasteiger partial charge >= 0.3 is 0 Å². The van der Waals surface area contributed by atoms with Crippen molar-refractivity contribution in [3.8, 4) is 0 Å². The molecule has 0 unspecified atom stereocenters. The number of hydrogen-bond acceptors (Lipinski definition) is 3. The Labute approximate surface area is 139 Å². The molecule has 3 rings (SSSR count). The van der Waals surface area contributed by atoms with Gasteiger partial charge in [-0.3, -0.25) is 4.79 Å². The lowest BCUT2D eigenvalue weighted by molar-refractivity contribution is -0.136. The molecule has 0 radical (unpaired) electrons. The molecule has 1 heterocycles. The summed E-state index contributed by atoms with van der Waals surface area (Å²) in [5.41, 5.74) is 6.88. The minimum Gasteiger partial charge on any atom is -0.381 e. The van der Waals surface area contributed by atoms with Gasteiger partial charge in [0.15, 0.2) is 0 Å². The molecular formula is C17H23BrN2O2. The minimum absolute atomic E-state index is 0.0968. The van der Waals surface area contributed by atoms with Gasteiger partial charge in [0.2, 0.25) is 5.91 Å². The molecule has 1 aliphatic carbocycles. The maximum absolute atomic E-state index is 12.7. The molecule has 5 heteroatoms. The molecule has 0 bridgehead atoms. The molecule has 0 aromatic heterocycles. The van der Waals surface area contributed by atoms with Crippen LogP contribution in [-0.2, 0) is 14.9 Å². The van der Waals surface area contributed by atoms with E-state index in [1.54, 1.807) is 0 Å². The van der Waals surface area contributed by atoms with Crippen LogP contribution in [0.15, 0.2) is 28.7 Å². The fourth-order valence-electron chi connectivity index (χ4n) is 3.26. The summed E-state index contributed by atoms with van der Waals surface area (Å²) in [5, 5.41) is 3.18.